The van der Waals surface area contributed by atoms with Crippen LogP contribution < -0.4 is 5.32 Å². The highest BCUT2D eigenvalue weighted by molar-refractivity contribution is 5.55. The predicted molar refractivity (Wildman–Crippen MR) is 81.1 cm³/mol. The van der Waals surface area contributed by atoms with E-state index in [1.54, 1.807) is 0 Å². The van der Waals surface area contributed by atoms with Crippen molar-refractivity contribution in [2.24, 2.45) is 0 Å². The Kier molecular flexibility index (Phi) is 6.56. The van der Waals surface area contributed by atoms with Crippen molar-refractivity contribution in [3.63, 3.8) is 0 Å². The molecule has 0 saturated carbocycles. The van der Waals surface area contributed by atoms with Crippen molar-refractivity contribution >= 4 is 11.5 Å². The molecule has 0 atom stereocenters. The Balaban J connectivity index is 2.46. The third-order valence-electron chi connectivity index (χ3n) is 3.32. The smallest absolute Gasteiger partial charge is 0.289 e. The van der Waals surface area contributed by atoms with Gasteiger partial charge in [0, 0.05) is 18.7 Å². The summed E-state index contributed by atoms with van der Waals surface area (Å²) in [6.45, 7) is 6.00. The van der Waals surface area contributed by atoms with E-state index in [1.165, 1.54) is 6.07 Å². The molecule has 0 aliphatic heterocycles. The highest BCUT2D eigenvalue weighted by Crippen LogP contribution is 2.18. The molecule has 0 unspecified atom stereocenters. The Morgan fingerprint density at radius 2 is 2.24 bits per heavy atom. The van der Waals surface area contributed by atoms with Crippen molar-refractivity contribution < 1.29 is 4.92 Å². The van der Waals surface area contributed by atoms with E-state index in [4.69, 9.17) is 5.26 Å². The average Bonchev–Trinajstić information content (AvgIpc) is 2.46. The van der Waals surface area contributed by atoms with E-state index in [9.17, 15) is 10.1 Å². The lowest BCUT2D eigenvalue weighted by molar-refractivity contribution is -0.385. The van der Waals surface area contributed by atoms with Gasteiger partial charge in [-0.1, -0.05) is 0 Å². The summed E-state index contributed by atoms with van der Waals surface area (Å²) in [5.41, 5.74) is 0.0270. The lowest BCUT2D eigenvalue weighted by Crippen LogP contribution is -2.27. The Morgan fingerprint density at radius 1 is 1.52 bits per heavy atom. The zero-order valence-electron chi connectivity index (χ0n) is 12.7. The molecule has 1 N–H and O–H groups in total. The van der Waals surface area contributed by atoms with E-state index in [0.29, 0.717) is 18.4 Å². The predicted octanol–water partition coefficient (Wildman–Crippen LogP) is 2.39. The number of pyridine rings is 1. The number of unbranched alkanes of at least 4 members (excludes halogenated alkanes) is 1. The molecule has 7 heteroatoms. The fourth-order valence-corrected chi connectivity index (χ4v) is 1.73. The van der Waals surface area contributed by atoms with Gasteiger partial charge in [0.15, 0.2) is 0 Å². The van der Waals surface area contributed by atoms with Crippen molar-refractivity contribution in [1.82, 2.24) is 9.88 Å². The fourth-order valence-electron chi connectivity index (χ4n) is 1.73. The first kappa shape index (κ1) is 16.9. The number of rotatable bonds is 8. The van der Waals surface area contributed by atoms with Crippen LogP contribution in [0.25, 0.3) is 0 Å². The van der Waals surface area contributed by atoms with Crippen LogP contribution in [-0.4, -0.2) is 41.0 Å². The summed E-state index contributed by atoms with van der Waals surface area (Å²) in [5.74, 6) is 0.403. The van der Waals surface area contributed by atoms with Crippen molar-refractivity contribution in [3.05, 3.63) is 27.9 Å². The summed E-state index contributed by atoms with van der Waals surface area (Å²) in [6, 6.07) is 3.69. The minimum atomic E-state index is -0.556. The second kappa shape index (κ2) is 8.17. The van der Waals surface area contributed by atoms with Gasteiger partial charge in [-0.15, -0.1) is 0 Å². The van der Waals surface area contributed by atoms with Crippen LogP contribution in [0.4, 0.5) is 11.5 Å². The van der Waals surface area contributed by atoms with E-state index in [-0.39, 0.29) is 11.3 Å². The van der Waals surface area contributed by atoms with Crippen molar-refractivity contribution in [2.45, 2.75) is 32.7 Å². The van der Waals surface area contributed by atoms with Gasteiger partial charge in [-0.05, 0) is 40.3 Å². The summed E-state index contributed by atoms with van der Waals surface area (Å²) in [7, 11) is 2.09. The topological polar surface area (TPSA) is 95.1 Å². The Morgan fingerprint density at radius 3 is 2.81 bits per heavy atom. The van der Waals surface area contributed by atoms with Crippen molar-refractivity contribution in [3.8, 4) is 6.07 Å². The van der Waals surface area contributed by atoms with Crippen LogP contribution in [-0.2, 0) is 0 Å². The summed E-state index contributed by atoms with van der Waals surface area (Å²) >= 11 is 0. The normalized spacial score (nSPS) is 10.7. The first-order chi connectivity index (χ1) is 9.95. The van der Waals surface area contributed by atoms with Gasteiger partial charge < -0.3 is 10.2 Å². The van der Waals surface area contributed by atoms with Crippen LogP contribution in [0, 0.1) is 21.4 Å². The number of hydrogen-bond acceptors (Lipinski definition) is 6. The molecule has 1 aromatic rings. The monoisotopic (exact) mass is 291 g/mol. The Labute approximate surface area is 124 Å². The molecule has 0 bridgehead atoms. The molecule has 0 aromatic carbocycles. The molecule has 21 heavy (non-hydrogen) atoms. The zero-order chi connectivity index (χ0) is 15.8. The summed E-state index contributed by atoms with van der Waals surface area (Å²) < 4.78 is 0. The van der Waals surface area contributed by atoms with Gasteiger partial charge in [0.05, 0.1) is 4.92 Å². The molecule has 0 fully saturated rings. The molecule has 0 amide bonds. The van der Waals surface area contributed by atoms with Gasteiger partial charge >= 0.3 is 0 Å². The first-order valence-electron chi connectivity index (χ1n) is 6.94. The highest BCUT2D eigenvalue weighted by Gasteiger charge is 2.11. The number of aromatic nitrogens is 1. The molecule has 114 valence electrons. The van der Waals surface area contributed by atoms with Gasteiger partial charge in [-0.25, -0.2) is 4.98 Å². The maximum atomic E-state index is 10.6. The van der Waals surface area contributed by atoms with Gasteiger partial charge in [-0.2, -0.15) is 5.26 Å². The van der Waals surface area contributed by atoms with Crippen molar-refractivity contribution in [2.75, 3.05) is 25.5 Å². The molecule has 1 aromatic heterocycles. The van der Waals surface area contributed by atoms with Gasteiger partial charge in [0.25, 0.3) is 5.69 Å². The maximum Gasteiger partial charge on any atom is 0.289 e. The molecule has 0 radical (unpaired) electrons. The fraction of sp³-hybridized carbons (Fsp3) is 0.571. The molecule has 1 rings (SSSR count). The summed E-state index contributed by atoms with van der Waals surface area (Å²) in [6.07, 6.45) is 3.15. The van der Waals surface area contributed by atoms with Crippen LogP contribution in [0.15, 0.2) is 12.3 Å². The Bertz CT molecular complexity index is 525. The summed E-state index contributed by atoms with van der Waals surface area (Å²) in [4.78, 5) is 16.3. The Hall–Kier alpha value is -2.20. The van der Waals surface area contributed by atoms with Crippen LogP contribution in [0.1, 0.15) is 32.3 Å². The quantitative estimate of drug-likeness (QED) is 0.449. The molecular formula is C14H21N5O2. The standard InChI is InChI=1S/C14H21N5O2/c1-11(2)18(3)7-5-4-6-16-14-12(9-15)8-13(10-17-14)19(20)21/h8,10-11H,4-7H2,1-3H3,(H,16,17). The molecule has 0 spiro atoms. The van der Waals surface area contributed by atoms with E-state index in [2.05, 4.69) is 36.1 Å². The van der Waals surface area contributed by atoms with Crippen LogP contribution in [0.3, 0.4) is 0 Å². The number of nitrogens with one attached hydrogen (secondary N) is 1. The lowest BCUT2D eigenvalue weighted by Gasteiger charge is -2.20. The number of nitrogens with zero attached hydrogens (tertiary/aromatic N) is 4. The van der Waals surface area contributed by atoms with Crippen LogP contribution in [0.2, 0.25) is 0 Å². The number of nitro groups is 1. The largest absolute Gasteiger partial charge is 0.369 e. The van der Waals surface area contributed by atoms with Crippen LogP contribution >= 0.6 is 0 Å². The maximum absolute atomic E-state index is 10.6. The van der Waals surface area contributed by atoms with Gasteiger partial charge in [-0.3, -0.25) is 10.1 Å². The van der Waals surface area contributed by atoms with E-state index < -0.39 is 4.92 Å². The minimum absolute atomic E-state index is 0.171. The number of nitriles is 1. The third-order valence-corrected chi connectivity index (χ3v) is 3.32. The third kappa shape index (κ3) is 5.36. The highest BCUT2D eigenvalue weighted by atomic mass is 16.6. The molecule has 1 heterocycles. The average molecular weight is 291 g/mol. The van der Waals surface area contributed by atoms with Gasteiger partial charge in [0.1, 0.15) is 23.6 Å². The molecule has 0 saturated heterocycles. The summed E-state index contributed by atoms with van der Waals surface area (Å²) in [5, 5.41) is 22.7. The van der Waals surface area contributed by atoms with Crippen molar-refractivity contribution in [1.29, 1.82) is 5.26 Å². The SMILES string of the molecule is CC(C)N(C)CCCCNc1ncc([N+](=O)[O-])cc1C#N. The van der Waals surface area contributed by atoms with E-state index in [0.717, 1.165) is 25.6 Å². The van der Waals surface area contributed by atoms with Gasteiger partial charge in [0.2, 0.25) is 0 Å². The minimum Gasteiger partial charge on any atom is -0.369 e. The molecule has 0 aliphatic carbocycles. The number of anilines is 1. The molecule has 0 aliphatic rings. The van der Waals surface area contributed by atoms with Crippen LogP contribution in [0.5, 0.6) is 0 Å². The molecule has 7 nitrogen and oxygen atoms in total. The zero-order valence-corrected chi connectivity index (χ0v) is 12.7. The lowest BCUT2D eigenvalue weighted by atomic mass is 10.2. The van der Waals surface area contributed by atoms with E-state index >= 15 is 0 Å². The number of hydrogen-bond donors (Lipinski definition) is 1. The molecular weight excluding hydrogens is 270 g/mol. The van der Waals surface area contributed by atoms with E-state index in [1.807, 2.05) is 6.07 Å². The second-order valence-corrected chi connectivity index (χ2v) is 5.17. The first-order valence-corrected chi connectivity index (χ1v) is 6.94. The second-order valence-electron chi connectivity index (χ2n) is 5.17.